The summed E-state index contributed by atoms with van der Waals surface area (Å²) in [5.41, 5.74) is 1.05. The van der Waals surface area contributed by atoms with Gasteiger partial charge in [0.05, 0.1) is 12.5 Å². The topological polar surface area (TPSA) is 33.4 Å². The van der Waals surface area contributed by atoms with Gasteiger partial charge in [-0.3, -0.25) is 0 Å². The van der Waals surface area contributed by atoms with Crippen LogP contribution in [0.15, 0.2) is 23.0 Å². The summed E-state index contributed by atoms with van der Waals surface area (Å²) in [5.74, 6) is 0.198. The van der Waals surface area contributed by atoms with Gasteiger partial charge < -0.3 is 9.52 Å². The zero-order valence-electron chi connectivity index (χ0n) is 5.37. The van der Waals surface area contributed by atoms with Crippen molar-refractivity contribution in [3.8, 4) is 0 Å². The molecule has 1 rings (SSSR count). The zero-order chi connectivity index (χ0) is 6.69. The Hall–Kier alpha value is -0.760. The van der Waals surface area contributed by atoms with Gasteiger partial charge in [-0.05, 0) is 11.6 Å². The van der Waals surface area contributed by atoms with E-state index in [2.05, 4.69) is 0 Å². The van der Waals surface area contributed by atoms with Crippen LogP contribution in [0.4, 0.5) is 0 Å². The first kappa shape index (κ1) is 6.36. The second kappa shape index (κ2) is 2.69. The second-order valence-corrected chi connectivity index (χ2v) is 2.14. The van der Waals surface area contributed by atoms with Crippen molar-refractivity contribution in [2.75, 3.05) is 6.61 Å². The van der Waals surface area contributed by atoms with Crippen molar-refractivity contribution >= 4 is 0 Å². The van der Waals surface area contributed by atoms with Gasteiger partial charge in [-0.1, -0.05) is 6.92 Å². The van der Waals surface area contributed by atoms with Gasteiger partial charge >= 0.3 is 0 Å². The molecule has 9 heavy (non-hydrogen) atoms. The van der Waals surface area contributed by atoms with Crippen molar-refractivity contribution in [1.29, 1.82) is 0 Å². The minimum atomic E-state index is 0.180. The predicted molar refractivity (Wildman–Crippen MR) is 34.2 cm³/mol. The maximum Gasteiger partial charge on any atom is 0.0938 e. The Kier molecular flexibility index (Phi) is 1.90. The van der Waals surface area contributed by atoms with E-state index in [1.807, 2.05) is 13.0 Å². The van der Waals surface area contributed by atoms with Crippen LogP contribution in [0.5, 0.6) is 0 Å². The molecule has 0 amide bonds. The molecule has 2 nitrogen and oxygen atoms in total. The second-order valence-electron chi connectivity index (χ2n) is 2.14. The third-order valence-electron chi connectivity index (χ3n) is 1.39. The molecule has 50 valence electrons. The van der Waals surface area contributed by atoms with E-state index in [9.17, 15) is 0 Å². The van der Waals surface area contributed by atoms with E-state index in [1.54, 1.807) is 12.5 Å². The first-order chi connectivity index (χ1) is 4.34. The molecule has 1 heterocycles. The lowest BCUT2D eigenvalue weighted by molar-refractivity contribution is 0.272. The van der Waals surface area contributed by atoms with Crippen LogP contribution in [-0.4, -0.2) is 11.7 Å². The molecule has 0 aliphatic rings. The quantitative estimate of drug-likeness (QED) is 0.649. The molecule has 1 aromatic heterocycles. The van der Waals surface area contributed by atoms with Gasteiger partial charge in [0.2, 0.25) is 0 Å². The summed E-state index contributed by atoms with van der Waals surface area (Å²) in [7, 11) is 0. The van der Waals surface area contributed by atoms with Gasteiger partial charge in [0.15, 0.2) is 0 Å². The molecular formula is C7H10O2. The minimum absolute atomic E-state index is 0.180. The van der Waals surface area contributed by atoms with Gasteiger partial charge in [0, 0.05) is 12.5 Å². The highest BCUT2D eigenvalue weighted by Crippen LogP contribution is 2.13. The first-order valence-electron chi connectivity index (χ1n) is 2.97. The summed E-state index contributed by atoms with van der Waals surface area (Å²) in [5, 5.41) is 8.66. The summed E-state index contributed by atoms with van der Waals surface area (Å²) in [6.45, 7) is 2.13. The minimum Gasteiger partial charge on any atom is -0.472 e. The van der Waals surface area contributed by atoms with Crippen LogP contribution in [0.25, 0.3) is 0 Å². The fourth-order valence-electron chi connectivity index (χ4n) is 0.661. The Morgan fingerprint density at radius 2 is 2.56 bits per heavy atom. The molecular weight excluding hydrogens is 116 g/mol. The number of aliphatic hydroxyl groups is 1. The number of aliphatic hydroxyl groups excluding tert-OH is 1. The SMILES string of the molecule is C[C@@H](CO)c1ccoc1. The Morgan fingerprint density at radius 1 is 1.78 bits per heavy atom. The third-order valence-corrected chi connectivity index (χ3v) is 1.39. The predicted octanol–water partition coefficient (Wildman–Crippen LogP) is 1.38. The third kappa shape index (κ3) is 1.33. The number of rotatable bonds is 2. The average molecular weight is 126 g/mol. The highest BCUT2D eigenvalue weighted by molar-refractivity contribution is 5.10. The fourth-order valence-corrected chi connectivity index (χ4v) is 0.661. The normalized spacial score (nSPS) is 13.6. The largest absolute Gasteiger partial charge is 0.472 e. The van der Waals surface area contributed by atoms with Gasteiger partial charge in [-0.25, -0.2) is 0 Å². The van der Waals surface area contributed by atoms with Gasteiger partial charge in [-0.15, -0.1) is 0 Å². The van der Waals surface area contributed by atoms with Crippen molar-refractivity contribution in [2.45, 2.75) is 12.8 Å². The van der Waals surface area contributed by atoms with E-state index in [0.717, 1.165) is 5.56 Å². The van der Waals surface area contributed by atoms with E-state index in [0.29, 0.717) is 0 Å². The Morgan fingerprint density at radius 3 is 3.00 bits per heavy atom. The molecule has 0 unspecified atom stereocenters. The fraction of sp³-hybridized carbons (Fsp3) is 0.429. The number of furan rings is 1. The van der Waals surface area contributed by atoms with Crippen LogP contribution in [0, 0.1) is 0 Å². The average Bonchev–Trinajstić information content (AvgIpc) is 2.37. The van der Waals surface area contributed by atoms with E-state index >= 15 is 0 Å². The Labute approximate surface area is 54.1 Å². The van der Waals surface area contributed by atoms with Crippen LogP contribution in [0.3, 0.4) is 0 Å². The molecule has 0 aliphatic heterocycles. The molecule has 0 aliphatic carbocycles. The molecule has 0 saturated heterocycles. The summed E-state index contributed by atoms with van der Waals surface area (Å²) < 4.78 is 4.83. The van der Waals surface area contributed by atoms with Crippen molar-refractivity contribution in [2.24, 2.45) is 0 Å². The molecule has 1 atom stereocenters. The lowest BCUT2D eigenvalue weighted by Crippen LogP contribution is -1.95. The van der Waals surface area contributed by atoms with Crippen LogP contribution in [0.1, 0.15) is 18.4 Å². The molecule has 0 saturated carbocycles. The van der Waals surface area contributed by atoms with E-state index in [-0.39, 0.29) is 12.5 Å². The van der Waals surface area contributed by atoms with Crippen molar-refractivity contribution in [3.63, 3.8) is 0 Å². The summed E-state index contributed by atoms with van der Waals surface area (Å²) in [6.07, 6.45) is 3.27. The highest BCUT2D eigenvalue weighted by Gasteiger charge is 2.02. The molecule has 0 fully saturated rings. The molecule has 0 radical (unpaired) electrons. The van der Waals surface area contributed by atoms with Crippen LogP contribution in [0.2, 0.25) is 0 Å². The highest BCUT2D eigenvalue weighted by atomic mass is 16.3. The van der Waals surface area contributed by atoms with Crippen molar-refractivity contribution in [1.82, 2.24) is 0 Å². The monoisotopic (exact) mass is 126 g/mol. The van der Waals surface area contributed by atoms with Crippen LogP contribution in [-0.2, 0) is 0 Å². The molecule has 0 aromatic carbocycles. The van der Waals surface area contributed by atoms with Crippen molar-refractivity contribution < 1.29 is 9.52 Å². The molecule has 2 heteroatoms. The van der Waals surface area contributed by atoms with Gasteiger partial charge in [-0.2, -0.15) is 0 Å². The summed E-state index contributed by atoms with van der Waals surface area (Å²) in [4.78, 5) is 0. The molecule has 0 bridgehead atoms. The van der Waals surface area contributed by atoms with Crippen LogP contribution >= 0.6 is 0 Å². The smallest absolute Gasteiger partial charge is 0.0938 e. The first-order valence-corrected chi connectivity index (χ1v) is 2.97. The van der Waals surface area contributed by atoms with E-state index in [4.69, 9.17) is 9.52 Å². The number of hydrogen-bond acceptors (Lipinski definition) is 2. The lowest BCUT2D eigenvalue weighted by atomic mass is 10.1. The molecule has 0 spiro atoms. The Balaban J connectivity index is 2.65. The van der Waals surface area contributed by atoms with E-state index < -0.39 is 0 Å². The van der Waals surface area contributed by atoms with Crippen molar-refractivity contribution in [3.05, 3.63) is 24.2 Å². The maximum absolute atomic E-state index is 8.66. The summed E-state index contributed by atoms with van der Waals surface area (Å²) >= 11 is 0. The van der Waals surface area contributed by atoms with Gasteiger partial charge in [0.25, 0.3) is 0 Å². The van der Waals surface area contributed by atoms with E-state index in [1.165, 1.54) is 0 Å². The Bertz CT molecular complexity index is 155. The lowest BCUT2D eigenvalue weighted by Gasteiger charge is -2.00. The molecule has 1 N–H and O–H groups in total. The van der Waals surface area contributed by atoms with Gasteiger partial charge in [0.1, 0.15) is 0 Å². The standard InChI is InChI=1S/C7H10O2/c1-6(4-8)7-2-3-9-5-7/h2-3,5-6,8H,4H2,1H3/t6-/m0/s1. The van der Waals surface area contributed by atoms with Crippen LogP contribution < -0.4 is 0 Å². The molecule has 1 aromatic rings. The zero-order valence-corrected chi connectivity index (χ0v) is 5.37. The number of hydrogen-bond donors (Lipinski definition) is 1. The maximum atomic E-state index is 8.66. The summed E-state index contributed by atoms with van der Waals surface area (Å²) in [6, 6.07) is 1.86.